The molecule has 33 heavy (non-hydrogen) atoms. The third-order valence-corrected chi connectivity index (χ3v) is 5.64. The van der Waals surface area contributed by atoms with Crippen molar-refractivity contribution in [2.75, 3.05) is 5.32 Å². The Morgan fingerprint density at radius 3 is 2.21 bits per heavy atom. The summed E-state index contributed by atoms with van der Waals surface area (Å²) in [4.78, 5) is 25.3. The van der Waals surface area contributed by atoms with Crippen molar-refractivity contribution in [3.05, 3.63) is 99.1 Å². The Bertz CT molecular complexity index is 1340. The maximum absolute atomic E-state index is 13.0. The molecule has 9 heteroatoms. The lowest BCUT2D eigenvalue weighted by Gasteiger charge is -2.11. The molecule has 3 amide bonds. The molecule has 0 unspecified atom stereocenters. The average molecular weight is 500 g/mol. The van der Waals surface area contributed by atoms with Crippen LogP contribution >= 0.6 is 34.8 Å². The average Bonchev–Trinajstić information content (AvgIpc) is 3.12. The Kier molecular flexibility index (Phi) is 6.70. The molecule has 0 aliphatic rings. The number of carbonyl (C=O) groups is 2. The van der Waals surface area contributed by atoms with Crippen LogP contribution in [-0.4, -0.2) is 21.7 Å². The largest absolute Gasteiger partial charge is 0.326 e. The molecule has 0 bridgehead atoms. The first-order valence-corrected chi connectivity index (χ1v) is 10.9. The fraction of sp³-hybridized carbons (Fsp3) is 0.0417. The molecule has 0 spiro atoms. The number of nitrogens with zero attached hydrogens (tertiary/aromatic N) is 2. The van der Waals surface area contributed by atoms with E-state index in [9.17, 15) is 9.59 Å². The molecule has 4 aromatic rings. The highest BCUT2D eigenvalue weighted by Gasteiger charge is 2.24. The number of amides is 3. The molecule has 1 heterocycles. The molecule has 0 saturated heterocycles. The number of imide groups is 1. The molecule has 2 N–H and O–H groups in total. The molecule has 0 radical (unpaired) electrons. The minimum Gasteiger partial charge on any atom is -0.308 e. The molecule has 0 aliphatic heterocycles. The van der Waals surface area contributed by atoms with Gasteiger partial charge in [0.15, 0.2) is 5.69 Å². The zero-order valence-electron chi connectivity index (χ0n) is 17.3. The second-order valence-corrected chi connectivity index (χ2v) is 8.39. The van der Waals surface area contributed by atoms with Crippen LogP contribution in [0.15, 0.2) is 72.8 Å². The Balaban J connectivity index is 1.73. The van der Waals surface area contributed by atoms with E-state index in [0.29, 0.717) is 37.7 Å². The van der Waals surface area contributed by atoms with E-state index in [1.807, 2.05) is 18.2 Å². The number of hydrogen-bond acceptors (Lipinski definition) is 3. The van der Waals surface area contributed by atoms with Crippen LogP contribution in [-0.2, 0) is 0 Å². The van der Waals surface area contributed by atoms with E-state index in [-0.39, 0.29) is 5.69 Å². The van der Waals surface area contributed by atoms with Crippen molar-refractivity contribution < 1.29 is 9.59 Å². The summed E-state index contributed by atoms with van der Waals surface area (Å²) in [7, 11) is 0. The lowest BCUT2D eigenvalue weighted by molar-refractivity contribution is 0.0961. The number of anilines is 1. The van der Waals surface area contributed by atoms with Gasteiger partial charge in [-0.15, -0.1) is 0 Å². The van der Waals surface area contributed by atoms with Gasteiger partial charge in [0.05, 0.1) is 16.4 Å². The number of para-hydroxylation sites is 1. The second kappa shape index (κ2) is 9.67. The smallest absolute Gasteiger partial charge is 0.308 e. The summed E-state index contributed by atoms with van der Waals surface area (Å²) in [5, 5.41) is 10.8. The number of halogens is 3. The minimum atomic E-state index is -0.669. The minimum absolute atomic E-state index is 0.0779. The number of nitrogens with one attached hydrogen (secondary N) is 2. The van der Waals surface area contributed by atoms with Gasteiger partial charge < -0.3 is 5.32 Å². The molecular formula is C24H17Cl3N4O2. The van der Waals surface area contributed by atoms with Gasteiger partial charge in [0, 0.05) is 26.9 Å². The van der Waals surface area contributed by atoms with E-state index in [4.69, 9.17) is 34.8 Å². The molecule has 6 nitrogen and oxygen atoms in total. The first-order chi connectivity index (χ1) is 15.8. The van der Waals surface area contributed by atoms with Crippen molar-refractivity contribution in [1.29, 1.82) is 0 Å². The summed E-state index contributed by atoms with van der Waals surface area (Å²) >= 11 is 18.5. The van der Waals surface area contributed by atoms with Crippen LogP contribution in [0, 0.1) is 6.92 Å². The van der Waals surface area contributed by atoms with Crippen LogP contribution in [0.2, 0.25) is 15.1 Å². The van der Waals surface area contributed by atoms with Crippen LogP contribution in [0.3, 0.4) is 0 Å². The van der Waals surface area contributed by atoms with Crippen LogP contribution < -0.4 is 10.6 Å². The normalized spacial score (nSPS) is 10.7. The van der Waals surface area contributed by atoms with Crippen LogP contribution in [0.5, 0.6) is 0 Å². The lowest BCUT2D eigenvalue weighted by Crippen LogP contribution is -2.35. The maximum atomic E-state index is 13.0. The molecule has 1 aromatic heterocycles. The van der Waals surface area contributed by atoms with E-state index < -0.39 is 11.9 Å². The van der Waals surface area contributed by atoms with Gasteiger partial charge in [-0.1, -0.05) is 65.1 Å². The van der Waals surface area contributed by atoms with Gasteiger partial charge in [-0.3, -0.25) is 10.1 Å². The molecule has 4 rings (SSSR count). The number of benzene rings is 3. The van der Waals surface area contributed by atoms with Crippen molar-refractivity contribution in [1.82, 2.24) is 15.1 Å². The van der Waals surface area contributed by atoms with Crippen molar-refractivity contribution >= 4 is 52.4 Å². The first-order valence-electron chi connectivity index (χ1n) is 9.82. The molecular weight excluding hydrogens is 483 g/mol. The van der Waals surface area contributed by atoms with E-state index in [0.717, 1.165) is 5.56 Å². The third-order valence-electron chi connectivity index (χ3n) is 4.85. The van der Waals surface area contributed by atoms with Crippen LogP contribution in [0.4, 0.5) is 10.5 Å². The summed E-state index contributed by atoms with van der Waals surface area (Å²) in [5.41, 5.74) is 3.12. The number of aromatic nitrogens is 2. The zero-order valence-corrected chi connectivity index (χ0v) is 19.5. The van der Waals surface area contributed by atoms with Crippen molar-refractivity contribution in [2.45, 2.75) is 6.92 Å². The Hall–Kier alpha value is -3.32. The summed E-state index contributed by atoms with van der Waals surface area (Å²) in [6.45, 7) is 1.75. The van der Waals surface area contributed by atoms with Crippen molar-refractivity contribution in [3.8, 4) is 16.9 Å². The first kappa shape index (κ1) is 22.9. The van der Waals surface area contributed by atoms with Gasteiger partial charge in [-0.25, -0.2) is 9.48 Å². The summed E-state index contributed by atoms with van der Waals surface area (Å²) in [6, 6.07) is 20.2. The molecule has 0 fully saturated rings. The molecule has 0 atom stereocenters. The quantitative estimate of drug-likeness (QED) is 0.325. The van der Waals surface area contributed by atoms with Gasteiger partial charge in [0.25, 0.3) is 5.91 Å². The van der Waals surface area contributed by atoms with Gasteiger partial charge >= 0.3 is 6.03 Å². The van der Waals surface area contributed by atoms with Gasteiger partial charge in [-0.05, 0) is 49.4 Å². The fourth-order valence-corrected chi connectivity index (χ4v) is 3.95. The summed E-state index contributed by atoms with van der Waals surface area (Å²) in [5.74, 6) is -0.653. The topological polar surface area (TPSA) is 76.0 Å². The Labute approximate surface area is 205 Å². The fourth-order valence-electron chi connectivity index (χ4n) is 3.33. The molecule has 3 aromatic carbocycles. The van der Waals surface area contributed by atoms with Crippen LogP contribution in [0.25, 0.3) is 16.9 Å². The third kappa shape index (κ3) is 5.03. The van der Waals surface area contributed by atoms with E-state index >= 15 is 0 Å². The predicted octanol–water partition coefficient (Wildman–Crippen LogP) is 6.77. The highest BCUT2D eigenvalue weighted by Crippen LogP contribution is 2.33. The Morgan fingerprint density at radius 2 is 1.55 bits per heavy atom. The van der Waals surface area contributed by atoms with Crippen molar-refractivity contribution in [3.63, 3.8) is 0 Å². The molecule has 0 aliphatic carbocycles. The lowest BCUT2D eigenvalue weighted by atomic mass is 10.1. The standard InChI is InChI=1S/C24H17Cl3N4O2/c1-14-21(23(32)29-24(33)28-18-5-3-2-4-6-18)30-31(20-12-11-17(26)13-19(20)27)22(14)15-7-9-16(25)10-8-15/h2-13H,1H3,(H2,28,29,32,33). The Morgan fingerprint density at radius 1 is 0.879 bits per heavy atom. The highest BCUT2D eigenvalue weighted by molar-refractivity contribution is 6.35. The number of hydrogen-bond donors (Lipinski definition) is 2. The van der Waals surface area contributed by atoms with Crippen molar-refractivity contribution in [2.24, 2.45) is 0 Å². The van der Waals surface area contributed by atoms with Crippen LogP contribution in [0.1, 0.15) is 16.1 Å². The SMILES string of the molecule is Cc1c(C(=O)NC(=O)Nc2ccccc2)nn(-c2ccc(Cl)cc2Cl)c1-c1ccc(Cl)cc1. The molecule has 0 saturated carbocycles. The zero-order chi connectivity index (χ0) is 23.5. The number of carbonyl (C=O) groups excluding carboxylic acids is 2. The number of rotatable bonds is 4. The molecule has 166 valence electrons. The van der Waals surface area contributed by atoms with Gasteiger partial charge in [0.2, 0.25) is 0 Å². The van der Waals surface area contributed by atoms with Gasteiger partial charge in [0.1, 0.15) is 0 Å². The summed E-state index contributed by atoms with van der Waals surface area (Å²) in [6.07, 6.45) is 0. The van der Waals surface area contributed by atoms with E-state index in [2.05, 4.69) is 15.7 Å². The summed E-state index contributed by atoms with van der Waals surface area (Å²) < 4.78 is 1.56. The maximum Gasteiger partial charge on any atom is 0.326 e. The predicted molar refractivity (Wildman–Crippen MR) is 132 cm³/mol. The monoisotopic (exact) mass is 498 g/mol. The van der Waals surface area contributed by atoms with Gasteiger partial charge in [-0.2, -0.15) is 5.10 Å². The number of urea groups is 1. The van der Waals surface area contributed by atoms with E-state index in [1.54, 1.807) is 66.2 Å². The van der Waals surface area contributed by atoms with E-state index in [1.165, 1.54) is 0 Å². The second-order valence-electron chi connectivity index (χ2n) is 7.11. The highest BCUT2D eigenvalue weighted by atomic mass is 35.5.